The van der Waals surface area contributed by atoms with Gasteiger partial charge in [0, 0.05) is 34.7 Å². The van der Waals surface area contributed by atoms with E-state index in [2.05, 4.69) is 26.2 Å². The highest BCUT2D eigenvalue weighted by molar-refractivity contribution is 9.10. The summed E-state index contributed by atoms with van der Waals surface area (Å²) >= 11 is 4.87. The third kappa shape index (κ3) is 3.82. The lowest BCUT2D eigenvalue weighted by Crippen LogP contribution is -2.17. The minimum Gasteiger partial charge on any atom is -0.304 e. The quantitative estimate of drug-likeness (QED) is 0.665. The predicted molar refractivity (Wildman–Crippen MR) is 78.2 cm³/mol. The van der Waals surface area contributed by atoms with Crippen LogP contribution >= 0.6 is 27.3 Å². The van der Waals surface area contributed by atoms with Crippen molar-refractivity contribution in [1.29, 1.82) is 0 Å². The highest BCUT2D eigenvalue weighted by Gasteiger charge is 2.11. The fourth-order valence-corrected chi connectivity index (χ4v) is 2.85. The summed E-state index contributed by atoms with van der Waals surface area (Å²) in [6.07, 6.45) is 1.77. The Hall–Kier alpha value is -1.31. The zero-order valence-corrected chi connectivity index (χ0v) is 12.6. The van der Waals surface area contributed by atoms with Crippen LogP contribution < -0.4 is 5.32 Å². The van der Waals surface area contributed by atoms with E-state index in [-0.39, 0.29) is 11.7 Å². The van der Waals surface area contributed by atoms with Crippen molar-refractivity contribution in [3.05, 3.63) is 54.9 Å². The van der Waals surface area contributed by atoms with Gasteiger partial charge in [0.25, 0.3) is 5.69 Å². The minimum atomic E-state index is -0.390. The van der Waals surface area contributed by atoms with E-state index in [0.717, 1.165) is 10.6 Å². The fraction of sp³-hybridized carbons (Fsp3) is 0.250. The number of hydrogen-bond acceptors (Lipinski definition) is 5. The van der Waals surface area contributed by atoms with Gasteiger partial charge in [0.15, 0.2) is 0 Å². The lowest BCUT2D eigenvalue weighted by Gasteiger charge is -2.11. The smallest absolute Gasteiger partial charge is 0.270 e. The van der Waals surface area contributed by atoms with E-state index in [9.17, 15) is 10.1 Å². The van der Waals surface area contributed by atoms with Crippen molar-refractivity contribution in [3.63, 3.8) is 0 Å². The van der Waals surface area contributed by atoms with E-state index in [1.165, 1.54) is 6.07 Å². The second-order valence-electron chi connectivity index (χ2n) is 4.05. The molecule has 0 saturated carbocycles. The second-order valence-corrected chi connectivity index (χ2v) is 5.89. The van der Waals surface area contributed by atoms with Crippen molar-refractivity contribution >= 4 is 33.0 Å². The fourth-order valence-electron chi connectivity index (χ4n) is 1.65. The molecule has 2 rings (SSSR count). The third-order valence-corrected chi connectivity index (χ3v) is 4.00. The van der Waals surface area contributed by atoms with Crippen LogP contribution in [0.15, 0.2) is 34.2 Å². The molecule has 2 aromatic rings. The molecule has 1 heterocycles. The second kappa shape index (κ2) is 6.23. The van der Waals surface area contributed by atoms with Crippen molar-refractivity contribution in [2.45, 2.75) is 19.5 Å². The molecule has 1 unspecified atom stereocenters. The van der Waals surface area contributed by atoms with Gasteiger partial charge in [-0.1, -0.05) is 15.9 Å². The van der Waals surface area contributed by atoms with Gasteiger partial charge in [0.1, 0.15) is 5.01 Å². The zero-order valence-electron chi connectivity index (χ0n) is 10.2. The molecule has 100 valence electrons. The topological polar surface area (TPSA) is 68.1 Å². The molecule has 19 heavy (non-hydrogen) atoms. The van der Waals surface area contributed by atoms with Crippen molar-refractivity contribution in [2.24, 2.45) is 0 Å². The van der Waals surface area contributed by atoms with Crippen LogP contribution in [0.25, 0.3) is 0 Å². The number of halogens is 1. The third-order valence-electron chi connectivity index (χ3n) is 2.59. The SMILES string of the molecule is CC(NCc1cc(Br)cc([N+](=O)[O-])c1)c1nccs1. The number of nitro groups is 1. The maximum atomic E-state index is 10.8. The van der Waals surface area contributed by atoms with E-state index in [1.807, 2.05) is 18.4 Å². The normalized spacial score (nSPS) is 12.3. The Bertz CT molecular complexity index is 574. The van der Waals surface area contributed by atoms with Crippen LogP contribution in [0.5, 0.6) is 0 Å². The first-order chi connectivity index (χ1) is 9.06. The number of nitrogens with zero attached hydrogens (tertiary/aromatic N) is 2. The van der Waals surface area contributed by atoms with E-state index >= 15 is 0 Å². The van der Waals surface area contributed by atoms with Gasteiger partial charge >= 0.3 is 0 Å². The van der Waals surface area contributed by atoms with E-state index in [0.29, 0.717) is 11.0 Å². The molecule has 1 N–H and O–H groups in total. The van der Waals surface area contributed by atoms with Crippen molar-refractivity contribution < 1.29 is 4.92 Å². The van der Waals surface area contributed by atoms with Crippen LogP contribution in [0, 0.1) is 10.1 Å². The number of non-ortho nitro benzene ring substituents is 1. The molecule has 1 aromatic heterocycles. The lowest BCUT2D eigenvalue weighted by molar-refractivity contribution is -0.385. The largest absolute Gasteiger partial charge is 0.304 e. The van der Waals surface area contributed by atoms with Gasteiger partial charge in [-0.15, -0.1) is 11.3 Å². The Morgan fingerprint density at radius 2 is 2.32 bits per heavy atom. The Morgan fingerprint density at radius 3 is 2.95 bits per heavy atom. The standard InChI is InChI=1S/C12H12BrN3O2S/c1-8(12-14-2-3-19-12)15-7-9-4-10(13)6-11(5-9)16(17)18/h2-6,8,15H,7H2,1H3. The molecule has 0 bridgehead atoms. The number of nitro benzene ring substituents is 1. The summed E-state index contributed by atoms with van der Waals surface area (Å²) in [4.78, 5) is 14.6. The summed E-state index contributed by atoms with van der Waals surface area (Å²) in [5.41, 5.74) is 0.956. The summed E-state index contributed by atoms with van der Waals surface area (Å²) in [7, 11) is 0. The Morgan fingerprint density at radius 1 is 1.53 bits per heavy atom. The first kappa shape index (κ1) is 14.1. The summed E-state index contributed by atoms with van der Waals surface area (Å²) in [6.45, 7) is 2.58. The summed E-state index contributed by atoms with van der Waals surface area (Å²) in [5.74, 6) is 0. The van der Waals surface area contributed by atoms with Gasteiger partial charge in [-0.05, 0) is 18.6 Å². The van der Waals surface area contributed by atoms with Crippen LogP contribution in [0.4, 0.5) is 5.69 Å². The first-order valence-electron chi connectivity index (χ1n) is 5.63. The van der Waals surface area contributed by atoms with Crippen LogP contribution in [0.1, 0.15) is 23.5 Å². The maximum absolute atomic E-state index is 10.8. The Kier molecular flexibility index (Phi) is 4.62. The number of benzene rings is 1. The van der Waals surface area contributed by atoms with Crippen LogP contribution in [-0.4, -0.2) is 9.91 Å². The molecule has 1 atom stereocenters. The average molecular weight is 342 g/mol. The number of aromatic nitrogens is 1. The van der Waals surface area contributed by atoms with Gasteiger partial charge in [0.2, 0.25) is 0 Å². The molecule has 0 aliphatic rings. The lowest BCUT2D eigenvalue weighted by atomic mass is 10.2. The Labute approximate surface area is 123 Å². The van der Waals surface area contributed by atoms with Gasteiger partial charge < -0.3 is 5.32 Å². The number of rotatable bonds is 5. The highest BCUT2D eigenvalue weighted by atomic mass is 79.9. The summed E-state index contributed by atoms with van der Waals surface area (Å²) in [5, 5.41) is 17.0. The molecule has 0 radical (unpaired) electrons. The van der Waals surface area contributed by atoms with Crippen molar-refractivity contribution in [2.75, 3.05) is 0 Å². The molecule has 1 aromatic carbocycles. The molecule has 7 heteroatoms. The minimum absolute atomic E-state index is 0.0908. The molecule has 0 aliphatic heterocycles. The molecule has 0 saturated heterocycles. The van der Waals surface area contributed by atoms with E-state index in [1.54, 1.807) is 23.6 Å². The van der Waals surface area contributed by atoms with Gasteiger partial charge in [-0.2, -0.15) is 0 Å². The molecule has 0 aliphatic carbocycles. The molecule has 0 spiro atoms. The van der Waals surface area contributed by atoms with Crippen LogP contribution in [0.2, 0.25) is 0 Å². The van der Waals surface area contributed by atoms with Gasteiger partial charge in [-0.3, -0.25) is 10.1 Å². The molecular weight excluding hydrogens is 330 g/mol. The van der Waals surface area contributed by atoms with Crippen LogP contribution in [0.3, 0.4) is 0 Å². The summed E-state index contributed by atoms with van der Waals surface area (Å²) in [6, 6.07) is 5.06. The molecule has 0 amide bonds. The van der Waals surface area contributed by atoms with Crippen molar-refractivity contribution in [1.82, 2.24) is 10.3 Å². The molecule has 0 fully saturated rings. The zero-order chi connectivity index (χ0) is 13.8. The number of hydrogen-bond donors (Lipinski definition) is 1. The van der Waals surface area contributed by atoms with E-state index < -0.39 is 4.92 Å². The highest BCUT2D eigenvalue weighted by Crippen LogP contribution is 2.22. The Balaban J connectivity index is 2.05. The molecular formula is C12H12BrN3O2S. The van der Waals surface area contributed by atoms with Crippen LogP contribution in [-0.2, 0) is 6.54 Å². The number of nitrogens with one attached hydrogen (secondary N) is 1. The average Bonchev–Trinajstić information content (AvgIpc) is 2.89. The summed E-state index contributed by atoms with van der Waals surface area (Å²) < 4.78 is 0.709. The number of thiazole rings is 1. The molecule has 5 nitrogen and oxygen atoms in total. The van der Waals surface area contributed by atoms with Gasteiger partial charge in [0.05, 0.1) is 11.0 Å². The van der Waals surface area contributed by atoms with Gasteiger partial charge in [-0.25, -0.2) is 4.98 Å². The maximum Gasteiger partial charge on any atom is 0.270 e. The van der Waals surface area contributed by atoms with E-state index in [4.69, 9.17) is 0 Å². The monoisotopic (exact) mass is 341 g/mol. The van der Waals surface area contributed by atoms with Crippen molar-refractivity contribution in [3.8, 4) is 0 Å². The predicted octanol–water partition coefficient (Wildman–Crippen LogP) is 3.66. The first-order valence-corrected chi connectivity index (χ1v) is 7.30.